The van der Waals surface area contributed by atoms with Gasteiger partial charge in [0.15, 0.2) is 0 Å². The van der Waals surface area contributed by atoms with Crippen LogP contribution in [0.5, 0.6) is 5.88 Å². The number of hydrogen-bond donors (Lipinski definition) is 3. The van der Waals surface area contributed by atoms with Gasteiger partial charge in [-0.15, -0.1) is 0 Å². The molecule has 1 fully saturated rings. The van der Waals surface area contributed by atoms with Crippen LogP contribution in [-0.2, 0) is 17.6 Å². The molecule has 1 aromatic heterocycles. The van der Waals surface area contributed by atoms with Gasteiger partial charge < -0.3 is 20.5 Å². The molecule has 202 valence electrons. The Kier molecular flexibility index (Phi) is 8.14. The van der Waals surface area contributed by atoms with Gasteiger partial charge in [0.2, 0.25) is 5.88 Å². The summed E-state index contributed by atoms with van der Waals surface area (Å²) < 4.78 is 45.6. The first-order valence-electron chi connectivity index (χ1n) is 12.9. The zero-order chi connectivity index (χ0) is 26.8. The Hall–Kier alpha value is -2.65. The average molecular weight is 520 g/mol. The van der Waals surface area contributed by atoms with Crippen LogP contribution in [0.1, 0.15) is 69.2 Å². The number of pyridine rings is 1. The minimum absolute atomic E-state index is 0.0546. The fourth-order valence-electron chi connectivity index (χ4n) is 5.16. The van der Waals surface area contributed by atoms with E-state index in [0.29, 0.717) is 17.9 Å². The van der Waals surface area contributed by atoms with Crippen molar-refractivity contribution in [3.05, 3.63) is 59.0 Å². The Labute approximate surface area is 216 Å². The predicted molar refractivity (Wildman–Crippen MR) is 134 cm³/mol. The molecule has 1 saturated carbocycles. The Morgan fingerprint density at radius 1 is 1.22 bits per heavy atom. The van der Waals surface area contributed by atoms with Crippen molar-refractivity contribution < 1.29 is 27.8 Å². The third-order valence-corrected chi connectivity index (χ3v) is 7.13. The molecular formula is C28H36F3N3O3. The molecule has 0 unspecified atom stereocenters. The number of nitrogens with zero attached hydrogens (tertiary/aromatic N) is 1. The number of fused-ring (bicyclic) bond motifs is 1. The van der Waals surface area contributed by atoms with E-state index in [2.05, 4.69) is 42.5 Å². The molecule has 0 saturated heterocycles. The van der Waals surface area contributed by atoms with Gasteiger partial charge in [-0.25, -0.2) is 9.37 Å². The molecule has 1 aromatic carbocycles. The third kappa shape index (κ3) is 7.02. The summed E-state index contributed by atoms with van der Waals surface area (Å²) in [4.78, 5) is 16.4. The second-order valence-corrected chi connectivity index (χ2v) is 11.6. The van der Waals surface area contributed by atoms with Crippen molar-refractivity contribution in [2.24, 2.45) is 5.41 Å². The topological polar surface area (TPSA) is 83.5 Å². The predicted octanol–water partition coefficient (Wildman–Crippen LogP) is 4.50. The van der Waals surface area contributed by atoms with Gasteiger partial charge in [-0.1, -0.05) is 32.9 Å². The van der Waals surface area contributed by atoms with Crippen molar-refractivity contribution >= 4 is 5.91 Å². The molecule has 1 amide bonds. The van der Waals surface area contributed by atoms with E-state index in [-0.39, 0.29) is 30.0 Å². The van der Waals surface area contributed by atoms with Crippen LogP contribution < -0.4 is 15.4 Å². The zero-order valence-corrected chi connectivity index (χ0v) is 21.6. The summed E-state index contributed by atoms with van der Waals surface area (Å²) >= 11 is 0. The summed E-state index contributed by atoms with van der Waals surface area (Å²) in [6, 6.07) is 6.49. The molecule has 1 aliphatic heterocycles. The molecule has 2 heterocycles. The lowest BCUT2D eigenvalue weighted by molar-refractivity contribution is -0.133. The van der Waals surface area contributed by atoms with Crippen LogP contribution in [0, 0.1) is 11.2 Å². The number of ether oxygens (including phenoxy) is 1. The lowest BCUT2D eigenvalue weighted by atomic mass is 9.73. The number of aliphatic hydroxyl groups is 1. The van der Waals surface area contributed by atoms with Crippen molar-refractivity contribution in [2.75, 3.05) is 6.54 Å². The lowest BCUT2D eigenvalue weighted by Crippen LogP contribution is -2.53. The molecule has 2 aromatic rings. The maximum absolute atomic E-state index is 13.3. The van der Waals surface area contributed by atoms with E-state index in [0.717, 1.165) is 36.8 Å². The minimum Gasteiger partial charge on any atom is -0.471 e. The van der Waals surface area contributed by atoms with Gasteiger partial charge >= 0.3 is 6.43 Å². The van der Waals surface area contributed by atoms with Gasteiger partial charge in [0.05, 0.1) is 12.1 Å². The Bertz CT molecular complexity index is 1080. The zero-order valence-electron chi connectivity index (χ0n) is 21.6. The average Bonchev–Trinajstić information content (AvgIpc) is 2.81. The second kappa shape index (κ2) is 11.0. The summed E-state index contributed by atoms with van der Waals surface area (Å²) in [7, 11) is 0. The molecule has 1 aliphatic carbocycles. The van der Waals surface area contributed by atoms with Crippen molar-refractivity contribution in [1.82, 2.24) is 15.6 Å². The monoisotopic (exact) mass is 519 g/mol. The molecular weight excluding hydrogens is 483 g/mol. The van der Waals surface area contributed by atoms with Gasteiger partial charge in [-0.05, 0) is 66.8 Å². The Morgan fingerprint density at radius 3 is 2.51 bits per heavy atom. The van der Waals surface area contributed by atoms with E-state index in [1.54, 1.807) is 0 Å². The summed E-state index contributed by atoms with van der Waals surface area (Å²) in [5.74, 6) is -1.29. The van der Waals surface area contributed by atoms with Crippen molar-refractivity contribution in [2.45, 2.75) is 89.5 Å². The van der Waals surface area contributed by atoms with Gasteiger partial charge in [-0.2, -0.15) is 8.78 Å². The number of hydrogen-bond acceptors (Lipinski definition) is 5. The number of halogens is 3. The summed E-state index contributed by atoms with van der Waals surface area (Å²) in [6.07, 6.45) is 2.04. The maximum Gasteiger partial charge on any atom is 0.315 e. The number of benzene rings is 1. The lowest BCUT2D eigenvalue weighted by Gasteiger charge is -2.47. The maximum atomic E-state index is 13.3. The first-order valence-corrected chi connectivity index (χ1v) is 12.9. The number of aliphatic hydroxyl groups excluding tert-OH is 1. The molecule has 9 heteroatoms. The number of carbonyl (C=O) groups is 1. The van der Waals surface area contributed by atoms with E-state index in [4.69, 9.17) is 4.74 Å². The molecule has 6 nitrogen and oxygen atoms in total. The van der Waals surface area contributed by atoms with Crippen molar-refractivity contribution in [1.29, 1.82) is 0 Å². The molecule has 2 aliphatic rings. The molecule has 0 radical (unpaired) electrons. The fourth-order valence-corrected chi connectivity index (χ4v) is 5.16. The van der Waals surface area contributed by atoms with Crippen molar-refractivity contribution in [3.8, 4) is 5.88 Å². The third-order valence-electron chi connectivity index (χ3n) is 7.13. The smallest absolute Gasteiger partial charge is 0.315 e. The number of amides is 1. The van der Waals surface area contributed by atoms with Crippen LogP contribution in [0.3, 0.4) is 0 Å². The van der Waals surface area contributed by atoms with E-state index < -0.39 is 30.3 Å². The highest BCUT2D eigenvalue weighted by atomic mass is 19.3. The SMILES string of the molecule is CC(C)(C)Cc1cnc2c(c1)[C@@H](NC[C@@H](O)[C@H](Cc1ccc(F)cc1)NC(=O)C(F)F)CC1(CCC1)O2. The van der Waals surface area contributed by atoms with Gasteiger partial charge in [0.25, 0.3) is 5.91 Å². The van der Waals surface area contributed by atoms with Crippen molar-refractivity contribution in [3.63, 3.8) is 0 Å². The largest absolute Gasteiger partial charge is 0.471 e. The van der Waals surface area contributed by atoms with Crippen LogP contribution in [-0.4, -0.2) is 46.7 Å². The number of alkyl halides is 2. The number of nitrogens with one attached hydrogen (secondary N) is 2. The highest BCUT2D eigenvalue weighted by molar-refractivity contribution is 5.79. The Morgan fingerprint density at radius 2 is 1.92 bits per heavy atom. The van der Waals surface area contributed by atoms with E-state index in [1.165, 1.54) is 24.3 Å². The normalized spacial score (nSPS) is 20.1. The summed E-state index contributed by atoms with van der Waals surface area (Å²) in [6.45, 7) is 6.53. The fraction of sp³-hybridized carbons (Fsp3) is 0.571. The highest BCUT2D eigenvalue weighted by Crippen LogP contribution is 2.48. The highest BCUT2D eigenvalue weighted by Gasteiger charge is 2.46. The first-order chi connectivity index (χ1) is 17.4. The molecule has 37 heavy (non-hydrogen) atoms. The quantitative estimate of drug-likeness (QED) is 0.455. The summed E-state index contributed by atoms with van der Waals surface area (Å²) in [5, 5.41) is 16.6. The van der Waals surface area contributed by atoms with Gasteiger partial charge in [0.1, 0.15) is 11.4 Å². The minimum atomic E-state index is -3.20. The number of aromatic nitrogens is 1. The Balaban J connectivity index is 1.51. The van der Waals surface area contributed by atoms with Crippen LogP contribution in [0.25, 0.3) is 0 Å². The van der Waals surface area contributed by atoms with Crippen LogP contribution in [0.15, 0.2) is 36.5 Å². The van der Waals surface area contributed by atoms with E-state index in [9.17, 15) is 23.1 Å². The van der Waals surface area contributed by atoms with E-state index >= 15 is 0 Å². The van der Waals surface area contributed by atoms with Crippen LogP contribution in [0.4, 0.5) is 13.2 Å². The van der Waals surface area contributed by atoms with Crippen LogP contribution in [0.2, 0.25) is 0 Å². The molecule has 4 rings (SSSR count). The molecule has 3 atom stereocenters. The standard InChI is InChI=1S/C28H36F3N3O3/c1-27(2,3)13-18-11-20-22(14-28(9-4-10-28)37-26(20)33-15-18)32-16-23(35)21(34-25(36)24(30)31)12-17-5-7-19(29)8-6-17/h5-8,11,15,21-24,32,35H,4,9-10,12-14,16H2,1-3H3,(H,34,36)/t21-,22-,23+/m0/s1. The second-order valence-electron chi connectivity index (χ2n) is 11.6. The van der Waals surface area contributed by atoms with E-state index in [1.807, 2.05) is 6.20 Å². The van der Waals surface area contributed by atoms with Crippen LogP contribution >= 0.6 is 0 Å². The molecule has 1 spiro atoms. The van der Waals surface area contributed by atoms with Gasteiger partial charge in [-0.3, -0.25) is 4.79 Å². The first kappa shape index (κ1) is 27.4. The number of rotatable bonds is 9. The molecule has 0 bridgehead atoms. The van der Waals surface area contributed by atoms with Gasteiger partial charge in [0, 0.05) is 30.8 Å². The number of carbonyl (C=O) groups excluding carboxylic acids is 1. The summed E-state index contributed by atoms with van der Waals surface area (Å²) in [5.41, 5.74) is 2.41. The molecule has 3 N–H and O–H groups in total.